The molecule has 2 N–H and O–H groups in total. The fraction of sp³-hybridized carbons (Fsp3) is 0.733. The van der Waals surface area contributed by atoms with Crippen molar-refractivity contribution in [2.45, 2.75) is 46.6 Å². The molecule has 1 aliphatic heterocycles. The van der Waals surface area contributed by atoms with Crippen molar-refractivity contribution in [3.05, 3.63) is 12.2 Å². The number of ketones is 1. The summed E-state index contributed by atoms with van der Waals surface area (Å²) in [6.45, 7) is 10.4. The Kier molecular flexibility index (Phi) is 16.7. The van der Waals surface area contributed by atoms with E-state index in [9.17, 15) is 4.79 Å². The second-order valence-electron chi connectivity index (χ2n) is 4.46. The van der Waals surface area contributed by atoms with Crippen LogP contribution in [0, 0.1) is 5.92 Å². The van der Waals surface area contributed by atoms with Crippen molar-refractivity contribution < 1.29 is 14.3 Å². The molecule has 1 radical (unpaired) electrons. The first-order valence-corrected chi connectivity index (χ1v) is 7.11. The van der Waals surface area contributed by atoms with Crippen molar-refractivity contribution in [3.8, 4) is 0 Å². The van der Waals surface area contributed by atoms with E-state index in [0.717, 1.165) is 26.1 Å². The van der Waals surface area contributed by atoms with Crippen LogP contribution in [0.15, 0.2) is 12.2 Å². The quantitative estimate of drug-likeness (QED) is 0.474. The average molecular weight is 285 g/mol. The summed E-state index contributed by atoms with van der Waals surface area (Å²) in [4.78, 5) is 19.4. The highest BCUT2D eigenvalue weighted by Crippen LogP contribution is 2.07. The first-order chi connectivity index (χ1) is 9.53. The van der Waals surface area contributed by atoms with Crippen LogP contribution in [0.2, 0.25) is 0 Å². The molecule has 1 aliphatic rings. The summed E-state index contributed by atoms with van der Waals surface area (Å²) < 4.78 is 5.13. The molecule has 0 saturated heterocycles. The summed E-state index contributed by atoms with van der Waals surface area (Å²) in [6, 6.07) is 0.301. The van der Waals surface area contributed by atoms with Crippen molar-refractivity contribution >= 4 is 12.2 Å². The van der Waals surface area contributed by atoms with Gasteiger partial charge in [-0.3, -0.25) is 9.59 Å². The number of rotatable bonds is 5. The smallest absolute Gasteiger partial charge is 0.204 e. The van der Waals surface area contributed by atoms with E-state index < -0.39 is 0 Å². The lowest BCUT2D eigenvalue weighted by molar-refractivity contribution is -0.119. The lowest BCUT2D eigenvalue weighted by Crippen LogP contribution is -2.30. The molecule has 1 amide bonds. The van der Waals surface area contributed by atoms with E-state index in [-0.39, 0.29) is 18.1 Å². The summed E-state index contributed by atoms with van der Waals surface area (Å²) in [5, 5.41) is 4.22. The number of ether oxygens (including phenoxy) is 1. The van der Waals surface area contributed by atoms with Gasteiger partial charge in [-0.1, -0.05) is 26.0 Å². The Morgan fingerprint density at radius 2 is 1.85 bits per heavy atom. The number of hydrogen-bond acceptors (Lipinski definition) is 3. The van der Waals surface area contributed by atoms with Gasteiger partial charge in [-0.25, -0.2) is 5.32 Å². The standard InChI is InChI=1S/C8H12NO.C6H14O.CH3NO/c1-6-3-4-8(5-9-6)7(2)10;1-3-5-7-6-4-2;2-1-3/h3-4,6,8H,5H2,1-2H3;3-6H2,1-2H3;1H,(H2,2,3). The van der Waals surface area contributed by atoms with E-state index in [1.165, 1.54) is 0 Å². The fourth-order valence-electron chi connectivity index (χ4n) is 1.35. The number of carbonyl (C=O) groups is 2. The van der Waals surface area contributed by atoms with Gasteiger partial charge in [-0.05, 0) is 26.7 Å². The lowest BCUT2D eigenvalue weighted by atomic mass is 10.0. The summed E-state index contributed by atoms with van der Waals surface area (Å²) in [7, 11) is 0. The molecular formula is C15H29N2O3. The van der Waals surface area contributed by atoms with Gasteiger partial charge < -0.3 is 10.5 Å². The van der Waals surface area contributed by atoms with Gasteiger partial charge in [0.05, 0.1) is 0 Å². The molecule has 0 aromatic heterocycles. The van der Waals surface area contributed by atoms with Crippen molar-refractivity contribution in [1.29, 1.82) is 0 Å². The molecule has 5 nitrogen and oxygen atoms in total. The SMILES string of the molecule is CC(=O)C1C=CC(C)[N]C1.CCCOCCC.NC=O. The summed E-state index contributed by atoms with van der Waals surface area (Å²) in [5.74, 6) is 0.267. The van der Waals surface area contributed by atoms with E-state index >= 15 is 0 Å². The third-order valence-electron chi connectivity index (χ3n) is 2.43. The van der Waals surface area contributed by atoms with Gasteiger partial charge >= 0.3 is 0 Å². The lowest BCUT2D eigenvalue weighted by Gasteiger charge is -2.17. The first kappa shape index (κ1) is 21.1. The minimum Gasteiger partial charge on any atom is -0.381 e. The van der Waals surface area contributed by atoms with Gasteiger partial charge in [-0.2, -0.15) is 0 Å². The molecule has 0 saturated carbocycles. The number of carbonyl (C=O) groups excluding carboxylic acids is 2. The summed E-state index contributed by atoms with van der Waals surface area (Å²) in [6.07, 6.45) is 6.47. The molecule has 117 valence electrons. The summed E-state index contributed by atoms with van der Waals surface area (Å²) >= 11 is 0. The number of hydrogen-bond donors (Lipinski definition) is 1. The van der Waals surface area contributed by atoms with Gasteiger partial charge in [0.2, 0.25) is 6.41 Å². The van der Waals surface area contributed by atoms with E-state index in [2.05, 4.69) is 24.9 Å². The van der Waals surface area contributed by atoms with Gasteiger partial charge in [0, 0.05) is 31.7 Å². The summed E-state index contributed by atoms with van der Waals surface area (Å²) in [5.41, 5.74) is 4.17. The van der Waals surface area contributed by atoms with Gasteiger partial charge in [0.1, 0.15) is 5.78 Å². The molecular weight excluding hydrogens is 256 g/mol. The molecule has 20 heavy (non-hydrogen) atoms. The second kappa shape index (κ2) is 15.9. The van der Waals surface area contributed by atoms with Crippen LogP contribution in [-0.4, -0.2) is 38.0 Å². The highest BCUT2D eigenvalue weighted by molar-refractivity contribution is 5.80. The maximum absolute atomic E-state index is 10.8. The minimum absolute atomic E-state index is 0.0520. The van der Waals surface area contributed by atoms with Crippen molar-refractivity contribution in [2.75, 3.05) is 19.8 Å². The van der Waals surface area contributed by atoms with Crippen LogP contribution >= 0.6 is 0 Å². The number of Topliss-reactive ketones (excluding diaryl/α,β-unsaturated/α-hetero) is 1. The Balaban J connectivity index is 0. The third-order valence-corrected chi connectivity index (χ3v) is 2.43. The topological polar surface area (TPSA) is 83.5 Å². The molecule has 0 spiro atoms. The van der Waals surface area contributed by atoms with Crippen molar-refractivity contribution in [3.63, 3.8) is 0 Å². The third kappa shape index (κ3) is 14.9. The van der Waals surface area contributed by atoms with Gasteiger partial charge in [0.25, 0.3) is 0 Å². The largest absolute Gasteiger partial charge is 0.381 e. The average Bonchev–Trinajstić information content (AvgIpc) is 2.41. The molecule has 0 aromatic carbocycles. The Morgan fingerprint density at radius 3 is 2.15 bits per heavy atom. The molecule has 1 heterocycles. The highest BCUT2D eigenvalue weighted by Gasteiger charge is 2.15. The Morgan fingerprint density at radius 1 is 1.35 bits per heavy atom. The van der Waals surface area contributed by atoms with Crippen molar-refractivity contribution in [1.82, 2.24) is 5.32 Å². The van der Waals surface area contributed by atoms with Crippen molar-refractivity contribution in [2.24, 2.45) is 11.7 Å². The molecule has 0 bridgehead atoms. The molecule has 2 unspecified atom stereocenters. The van der Waals surface area contributed by atoms with E-state index in [1.54, 1.807) is 6.92 Å². The van der Waals surface area contributed by atoms with E-state index in [4.69, 9.17) is 9.53 Å². The van der Waals surface area contributed by atoms with Crippen LogP contribution in [0.1, 0.15) is 40.5 Å². The zero-order valence-corrected chi connectivity index (χ0v) is 13.2. The number of nitrogens with two attached hydrogens (primary N) is 1. The zero-order chi connectivity index (χ0) is 15.8. The Bertz CT molecular complexity index is 264. The fourth-order valence-corrected chi connectivity index (χ4v) is 1.35. The molecule has 1 rings (SSSR count). The van der Waals surface area contributed by atoms with Crippen LogP contribution in [0.3, 0.4) is 0 Å². The molecule has 0 aliphatic carbocycles. The van der Waals surface area contributed by atoms with E-state index in [0.29, 0.717) is 12.6 Å². The normalized spacial score (nSPS) is 20.0. The first-order valence-electron chi connectivity index (χ1n) is 7.11. The maximum Gasteiger partial charge on any atom is 0.204 e. The molecule has 5 heteroatoms. The number of nitrogens with zero attached hydrogens (tertiary/aromatic N) is 1. The zero-order valence-electron chi connectivity index (χ0n) is 13.2. The predicted molar refractivity (Wildman–Crippen MR) is 81.4 cm³/mol. The van der Waals surface area contributed by atoms with Gasteiger partial charge in [-0.15, -0.1) is 0 Å². The minimum atomic E-state index is 0.0520. The van der Waals surface area contributed by atoms with Crippen LogP contribution in [0.5, 0.6) is 0 Å². The van der Waals surface area contributed by atoms with Crippen LogP contribution in [0.25, 0.3) is 0 Å². The highest BCUT2D eigenvalue weighted by atomic mass is 16.5. The maximum atomic E-state index is 10.8. The molecule has 0 aromatic rings. The Hall–Kier alpha value is -1.20. The van der Waals surface area contributed by atoms with Crippen LogP contribution in [0.4, 0.5) is 0 Å². The molecule has 0 fully saturated rings. The Labute approximate surface area is 122 Å². The second-order valence-corrected chi connectivity index (χ2v) is 4.46. The van der Waals surface area contributed by atoms with E-state index in [1.807, 2.05) is 19.1 Å². The predicted octanol–water partition coefficient (Wildman–Crippen LogP) is 1.68. The number of primary amides is 1. The molecule has 2 atom stereocenters. The number of amides is 1. The van der Waals surface area contributed by atoms with Crippen LogP contribution < -0.4 is 11.1 Å². The van der Waals surface area contributed by atoms with Gasteiger partial charge in [0.15, 0.2) is 0 Å². The van der Waals surface area contributed by atoms with Crippen LogP contribution in [-0.2, 0) is 14.3 Å². The monoisotopic (exact) mass is 285 g/mol.